The van der Waals surface area contributed by atoms with Crippen LogP contribution >= 0.6 is 0 Å². The third-order valence-corrected chi connectivity index (χ3v) is 3.81. The van der Waals surface area contributed by atoms with Crippen molar-refractivity contribution in [1.29, 1.82) is 5.26 Å². The maximum Gasteiger partial charge on any atom is 0.238 e. The Kier molecular flexibility index (Phi) is 2.32. The van der Waals surface area contributed by atoms with E-state index < -0.39 is 10.0 Å². The van der Waals surface area contributed by atoms with Crippen molar-refractivity contribution < 1.29 is 8.42 Å². The average Bonchev–Trinajstić information content (AvgIpc) is 2.74. The van der Waals surface area contributed by atoms with Gasteiger partial charge in [-0.3, -0.25) is 0 Å². The zero-order valence-corrected chi connectivity index (χ0v) is 10.4. The van der Waals surface area contributed by atoms with Gasteiger partial charge in [0.2, 0.25) is 10.0 Å². The molecule has 0 unspecified atom stereocenters. The summed E-state index contributed by atoms with van der Waals surface area (Å²) in [6.07, 6.45) is 1.55. The molecule has 3 N–H and O–H groups in total. The number of pyridine rings is 1. The third-order valence-electron chi connectivity index (χ3n) is 2.90. The molecular formula is C12H8N4O2S. The Labute approximate surface area is 108 Å². The molecular weight excluding hydrogens is 264 g/mol. The number of nitriles is 1. The van der Waals surface area contributed by atoms with Crippen LogP contribution in [0.2, 0.25) is 0 Å². The standard InChI is InChI=1S/C12H8N4O2S/c13-5-7-3-9-10-4-8(19(14,17)18)1-2-11(10)16-12(9)6-15-7/h1-4,6,16H,(H2,14,17,18). The van der Waals surface area contributed by atoms with Crippen LogP contribution in [-0.4, -0.2) is 18.4 Å². The van der Waals surface area contributed by atoms with Crippen LogP contribution in [0.15, 0.2) is 35.4 Å². The second kappa shape index (κ2) is 3.78. The molecule has 0 aliphatic rings. The quantitative estimate of drug-likeness (QED) is 0.693. The maximum atomic E-state index is 11.4. The fourth-order valence-corrected chi connectivity index (χ4v) is 2.56. The number of aromatic amines is 1. The molecule has 0 amide bonds. The van der Waals surface area contributed by atoms with E-state index in [1.807, 2.05) is 6.07 Å². The van der Waals surface area contributed by atoms with Crippen LogP contribution in [0.4, 0.5) is 0 Å². The number of hydrogen-bond acceptors (Lipinski definition) is 4. The molecule has 7 heteroatoms. The number of nitrogens with two attached hydrogens (primary N) is 1. The zero-order valence-electron chi connectivity index (χ0n) is 9.58. The van der Waals surface area contributed by atoms with Crippen LogP contribution in [0.3, 0.4) is 0 Å². The molecule has 2 aromatic heterocycles. The Morgan fingerprint density at radius 2 is 1.95 bits per heavy atom. The molecule has 0 aliphatic carbocycles. The number of nitrogens with zero attached hydrogens (tertiary/aromatic N) is 2. The summed E-state index contributed by atoms with van der Waals surface area (Å²) in [6, 6.07) is 8.13. The van der Waals surface area contributed by atoms with Crippen LogP contribution in [0.25, 0.3) is 21.8 Å². The van der Waals surface area contributed by atoms with Gasteiger partial charge in [-0.05, 0) is 24.3 Å². The van der Waals surface area contributed by atoms with Crippen LogP contribution in [-0.2, 0) is 10.0 Å². The summed E-state index contributed by atoms with van der Waals surface area (Å²) < 4.78 is 22.7. The van der Waals surface area contributed by atoms with Crippen LogP contribution < -0.4 is 5.14 Å². The minimum Gasteiger partial charge on any atom is -0.353 e. The van der Waals surface area contributed by atoms with Crippen molar-refractivity contribution in [3.63, 3.8) is 0 Å². The Morgan fingerprint density at radius 1 is 1.21 bits per heavy atom. The van der Waals surface area contributed by atoms with Gasteiger partial charge in [-0.25, -0.2) is 18.5 Å². The highest BCUT2D eigenvalue weighted by molar-refractivity contribution is 7.89. The van der Waals surface area contributed by atoms with Crippen molar-refractivity contribution in [2.75, 3.05) is 0 Å². The molecule has 3 rings (SSSR count). The molecule has 2 heterocycles. The summed E-state index contributed by atoms with van der Waals surface area (Å²) >= 11 is 0. The topological polar surface area (TPSA) is 113 Å². The van der Waals surface area contributed by atoms with Gasteiger partial charge in [-0.2, -0.15) is 5.26 Å². The van der Waals surface area contributed by atoms with Gasteiger partial charge in [0.1, 0.15) is 11.8 Å². The van der Waals surface area contributed by atoms with E-state index in [1.54, 1.807) is 18.3 Å². The first kappa shape index (κ1) is 11.6. The first-order valence-corrected chi connectivity index (χ1v) is 6.88. The van der Waals surface area contributed by atoms with Crippen LogP contribution in [0.5, 0.6) is 0 Å². The Bertz CT molecular complexity index is 951. The highest BCUT2D eigenvalue weighted by atomic mass is 32.2. The lowest BCUT2D eigenvalue weighted by Crippen LogP contribution is -2.11. The van der Waals surface area contributed by atoms with E-state index in [9.17, 15) is 8.42 Å². The van der Waals surface area contributed by atoms with E-state index >= 15 is 0 Å². The van der Waals surface area contributed by atoms with Gasteiger partial charge in [-0.1, -0.05) is 0 Å². The molecule has 94 valence electrons. The molecule has 0 spiro atoms. The second-order valence-electron chi connectivity index (χ2n) is 4.10. The van der Waals surface area contributed by atoms with Crippen molar-refractivity contribution >= 4 is 31.8 Å². The van der Waals surface area contributed by atoms with Crippen molar-refractivity contribution in [1.82, 2.24) is 9.97 Å². The van der Waals surface area contributed by atoms with Gasteiger partial charge in [0.15, 0.2) is 0 Å². The zero-order chi connectivity index (χ0) is 13.6. The predicted molar refractivity (Wildman–Crippen MR) is 69.7 cm³/mol. The van der Waals surface area contributed by atoms with Crippen molar-refractivity contribution in [2.45, 2.75) is 4.90 Å². The van der Waals surface area contributed by atoms with E-state index in [-0.39, 0.29) is 10.6 Å². The number of primary sulfonamides is 1. The molecule has 0 fully saturated rings. The van der Waals surface area contributed by atoms with Crippen LogP contribution in [0, 0.1) is 11.3 Å². The minimum atomic E-state index is -3.75. The van der Waals surface area contributed by atoms with E-state index in [2.05, 4.69) is 9.97 Å². The van der Waals surface area contributed by atoms with Crippen molar-refractivity contribution in [3.8, 4) is 6.07 Å². The number of sulfonamides is 1. The number of nitrogens with one attached hydrogen (secondary N) is 1. The summed E-state index contributed by atoms with van der Waals surface area (Å²) in [7, 11) is -3.75. The molecule has 1 aromatic carbocycles. The number of aromatic nitrogens is 2. The summed E-state index contributed by atoms with van der Waals surface area (Å²) in [4.78, 5) is 7.10. The lowest BCUT2D eigenvalue weighted by atomic mass is 10.2. The molecule has 19 heavy (non-hydrogen) atoms. The van der Waals surface area contributed by atoms with E-state index in [4.69, 9.17) is 10.4 Å². The predicted octanol–water partition coefficient (Wildman–Crippen LogP) is 1.24. The minimum absolute atomic E-state index is 0.0382. The van der Waals surface area contributed by atoms with E-state index in [0.717, 1.165) is 16.4 Å². The molecule has 0 radical (unpaired) electrons. The second-order valence-corrected chi connectivity index (χ2v) is 5.67. The monoisotopic (exact) mass is 272 g/mol. The van der Waals surface area contributed by atoms with Gasteiger partial charge >= 0.3 is 0 Å². The first-order chi connectivity index (χ1) is 8.99. The molecule has 0 saturated carbocycles. The van der Waals surface area contributed by atoms with E-state index in [1.165, 1.54) is 12.1 Å². The molecule has 3 aromatic rings. The van der Waals surface area contributed by atoms with E-state index in [0.29, 0.717) is 5.39 Å². The molecule has 6 nitrogen and oxygen atoms in total. The highest BCUT2D eigenvalue weighted by Crippen LogP contribution is 2.27. The Hall–Kier alpha value is -2.43. The third kappa shape index (κ3) is 1.83. The lowest BCUT2D eigenvalue weighted by molar-refractivity contribution is 0.598. The largest absolute Gasteiger partial charge is 0.353 e. The lowest BCUT2D eigenvalue weighted by Gasteiger charge is -1.98. The number of H-pyrrole nitrogens is 1. The van der Waals surface area contributed by atoms with Gasteiger partial charge in [-0.15, -0.1) is 0 Å². The van der Waals surface area contributed by atoms with Crippen LogP contribution in [0.1, 0.15) is 5.69 Å². The molecule has 0 aliphatic heterocycles. The SMILES string of the molecule is N#Cc1cc2c(cn1)[nH]c1ccc(S(N)(=O)=O)cc12. The molecule has 0 saturated heterocycles. The number of fused-ring (bicyclic) bond motifs is 3. The van der Waals surface area contributed by atoms with Crippen molar-refractivity contribution in [3.05, 3.63) is 36.2 Å². The molecule has 0 bridgehead atoms. The highest BCUT2D eigenvalue weighted by Gasteiger charge is 2.11. The number of benzene rings is 1. The summed E-state index contributed by atoms with van der Waals surface area (Å²) in [5, 5.41) is 15.4. The van der Waals surface area contributed by atoms with Gasteiger partial charge < -0.3 is 4.98 Å². The number of rotatable bonds is 1. The Morgan fingerprint density at radius 3 is 2.63 bits per heavy atom. The van der Waals surface area contributed by atoms with Gasteiger partial charge in [0.25, 0.3) is 0 Å². The fraction of sp³-hybridized carbons (Fsp3) is 0. The van der Waals surface area contributed by atoms with Crippen molar-refractivity contribution in [2.24, 2.45) is 5.14 Å². The summed E-state index contributed by atoms with van der Waals surface area (Å²) in [5.41, 5.74) is 1.77. The number of hydrogen-bond donors (Lipinski definition) is 2. The summed E-state index contributed by atoms with van der Waals surface area (Å²) in [5.74, 6) is 0. The fourth-order valence-electron chi connectivity index (χ4n) is 2.02. The van der Waals surface area contributed by atoms with Gasteiger partial charge in [0.05, 0.1) is 16.6 Å². The smallest absolute Gasteiger partial charge is 0.238 e. The maximum absolute atomic E-state index is 11.4. The average molecular weight is 272 g/mol. The molecule has 0 atom stereocenters. The normalized spacial score (nSPS) is 11.8. The Balaban J connectivity index is 2.44. The summed E-state index contributed by atoms with van der Waals surface area (Å²) in [6.45, 7) is 0. The van der Waals surface area contributed by atoms with Gasteiger partial charge in [0, 0.05) is 16.3 Å². The first-order valence-electron chi connectivity index (χ1n) is 5.33.